The van der Waals surface area contributed by atoms with Gasteiger partial charge >= 0.3 is 0 Å². The van der Waals surface area contributed by atoms with Crippen molar-refractivity contribution in [3.05, 3.63) is 11.6 Å². The van der Waals surface area contributed by atoms with Crippen LogP contribution in [0.5, 0.6) is 0 Å². The molecule has 1 aliphatic carbocycles. The molecular formula is C9H15. The minimum Gasteiger partial charge on any atom is -0.0648 e. The molecule has 9 heavy (non-hydrogen) atoms. The van der Waals surface area contributed by atoms with Gasteiger partial charge < -0.3 is 0 Å². The zero-order valence-electron chi connectivity index (χ0n) is 6.41. The average Bonchev–Trinajstić information content (AvgIpc) is 2.33. The molecule has 0 heterocycles. The van der Waals surface area contributed by atoms with Crippen LogP contribution in [0.25, 0.3) is 0 Å². The summed E-state index contributed by atoms with van der Waals surface area (Å²) in [7, 11) is 0. The molecule has 1 unspecified atom stereocenters. The van der Waals surface area contributed by atoms with Gasteiger partial charge in [-0.2, -0.15) is 0 Å². The van der Waals surface area contributed by atoms with E-state index in [0.29, 0.717) is 0 Å². The van der Waals surface area contributed by atoms with Gasteiger partial charge in [-0.1, -0.05) is 19.4 Å². The highest BCUT2D eigenvalue weighted by molar-refractivity contribution is 5.06. The third kappa shape index (κ3) is 1.35. The van der Waals surface area contributed by atoms with Crippen LogP contribution in [0, 0.1) is 12.0 Å². The molecule has 0 aliphatic heterocycles. The minimum absolute atomic E-state index is 0.884. The Balaban J connectivity index is 2.47. The topological polar surface area (TPSA) is 0 Å². The van der Waals surface area contributed by atoms with Gasteiger partial charge in [-0.3, -0.25) is 0 Å². The van der Waals surface area contributed by atoms with Gasteiger partial charge in [0.15, 0.2) is 0 Å². The first-order valence-corrected chi connectivity index (χ1v) is 3.98. The highest BCUT2D eigenvalue weighted by Gasteiger charge is 2.14. The lowest BCUT2D eigenvalue weighted by Crippen LogP contribution is -1.95. The van der Waals surface area contributed by atoms with E-state index in [9.17, 15) is 0 Å². The zero-order chi connectivity index (χ0) is 6.69. The molecule has 51 valence electrons. The van der Waals surface area contributed by atoms with E-state index in [1.54, 1.807) is 5.57 Å². The first kappa shape index (κ1) is 6.85. The second-order valence-electron chi connectivity index (χ2n) is 2.70. The van der Waals surface area contributed by atoms with E-state index in [0.717, 1.165) is 5.92 Å². The van der Waals surface area contributed by atoms with Crippen molar-refractivity contribution >= 4 is 0 Å². The summed E-state index contributed by atoms with van der Waals surface area (Å²) in [6, 6.07) is 0. The van der Waals surface area contributed by atoms with Gasteiger partial charge in [0.1, 0.15) is 0 Å². The molecule has 0 N–H and O–H groups in total. The average molecular weight is 123 g/mol. The standard InChI is InChI=1S/C9H15/c1-3-8-6-5-7-9(8)4-2/h8H,3-6H2,1-2H3. The van der Waals surface area contributed by atoms with E-state index < -0.39 is 0 Å². The Labute approximate surface area is 58.0 Å². The molecule has 0 saturated carbocycles. The lowest BCUT2D eigenvalue weighted by Gasteiger charge is -2.08. The highest BCUT2D eigenvalue weighted by Crippen LogP contribution is 2.29. The van der Waals surface area contributed by atoms with Gasteiger partial charge in [0.25, 0.3) is 0 Å². The molecule has 1 radical (unpaired) electrons. The molecule has 0 saturated heterocycles. The number of hydrogen-bond acceptors (Lipinski definition) is 0. The lowest BCUT2D eigenvalue weighted by atomic mass is 9.97. The molecule has 0 aromatic rings. The van der Waals surface area contributed by atoms with Crippen LogP contribution in [0.4, 0.5) is 0 Å². The highest BCUT2D eigenvalue weighted by atomic mass is 14.2. The van der Waals surface area contributed by atoms with Crippen LogP contribution in [0.3, 0.4) is 0 Å². The van der Waals surface area contributed by atoms with Gasteiger partial charge in [-0.15, -0.1) is 0 Å². The molecule has 0 fully saturated rings. The predicted octanol–water partition coefficient (Wildman–Crippen LogP) is 2.95. The predicted molar refractivity (Wildman–Crippen MR) is 40.1 cm³/mol. The van der Waals surface area contributed by atoms with Crippen LogP contribution in [-0.2, 0) is 0 Å². The molecule has 0 heteroatoms. The summed E-state index contributed by atoms with van der Waals surface area (Å²) in [6.07, 6.45) is 8.53. The molecule has 1 rings (SSSR count). The molecule has 0 nitrogen and oxygen atoms in total. The molecule has 0 spiro atoms. The van der Waals surface area contributed by atoms with Crippen LogP contribution in [0.2, 0.25) is 0 Å². The quantitative estimate of drug-likeness (QED) is 0.529. The molecule has 0 aromatic carbocycles. The zero-order valence-corrected chi connectivity index (χ0v) is 6.41. The van der Waals surface area contributed by atoms with E-state index in [-0.39, 0.29) is 0 Å². The van der Waals surface area contributed by atoms with Crippen molar-refractivity contribution in [3.8, 4) is 0 Å². The van der Waals surface area contributed by atoms with E-state index in [4.69, 9.17) is 0 Å². The Hall–Kier alpha value is -0.260. The van der Waals surface area contributed by atoms with Gasteiger partial charge in [0, 0.05) is 0 Å². The Kier molecular flexibility index (Phi) is 2.32. The summed E-state index contributed by atoms with van der Waals surface area (Å²) in [5.41, 5.74) is 1.58. The summed E-state index contributed by atoms with van der Waals surface area (Å²) >= 11 is 0. The largest absolute Gasteiger partial charge is 0.0648 e. The fourth-order valence-corrected chi connectivity index (χ4v) is 1.59. The van der Waals surface area contributed by atoms with Crippen molar-refractivity contribution in [2.45, 2.75) is 39.5 Å². The van der Waals surface area contributed by atoms with Crippen molar-refractivity contribution in [2.24, 2.45) is 5.92 Å². The molecule has 0 amide bonds. The van der Waals surface area contributed by atoms with Gasteiger partial charge in [-0.25, -0.2) is 0 Å². The first-order valence-electron chi connectivity index (χ1n) is 3.98. The van der Waals surface area contributed by atoms with Crippen molar-refractivity contribution in [1.29, 1.82) is 0 Å². The van der Waals surface area contributed by atoms with Crippen molar-refractivity contribution < 1.29 is 0 Å². The maximum absolute atomic E-state index is 3.42. The molecular weight excluding hydrogens is 108 g/mol. The summed E-state index contributed by atoms with van der Waals surface area (Å²) in [5.74, 6) is 0.884. The maximum Gasteiger partial charge on any atom is -0.0197 e. The van der Waals surface area contributed by atoms with Gasteiger partial charge in [0.05, 0.1) is 0 Å². The Morgan fingerprint density at radius 3 is 2.78 bits per heavy atom. The molecule has 1 atom stereocenters. The van der Waals surface area contributed by atoms with E-state index in [2.05, 4.69) is 19.9 Å². The Morgan fingerprint density at radius 2 is 2.33 bits per heavy atom. The van der Waals surface area contributed by atoms with Crippen LogP contribution in [0.1, 0.15) is 39.5 Å². The number of rotatable bonds is 2. The molecule has 0 bridgehead atoms. The second-order valence-corrected chi connectivity index (χ2v) is 2.70. The van der Waals surface area contributed by atoms with Gasteiger partial charge in [0.2, 0.25) is 0 Å². The summed E-state index contributed by atoms with van der Waals surface area (Å²) in [6.45, 7) is 4.50. The maximum atomic E-state index is 3.42. The van der Waals surface area contributed by atoms with Crippen LogP contribution >= 0.6 is 0 Å². The van der Waals surface area contributed by atoms with Gasteiger partial charge in [-0.05, 0) is 37.7 Å². The van der Waals surface area contributed by atoms with Crippen molar-refractivity contribution in [3.63, 3.8) is 0 Å². The summed E-state index contributed by atoms with van der Waals surface area (Å²) in [5, 5.41) is 0. The van der Waals surface area contributed by atoms with Crippen molar-refractivity contribution in [1.82, 2.24) is 0 Å². The smallest absolute Gasteiger partial charge is 0.0197 e. The lowest BCUT2D eigenvalue weighted by molar-refractivity contribution is 0.572. The van der Waals surface area contributed by atoms with Crippen LogP contribution < -0.4 is 0 Å². The first-order chi connectivity index (χ1) is 4.38. The molecule has 1 aliphatic rings. The number of hydrogen-bond donors (Lipinski definition) is 0. The van der Waals surface area contributed by atoms with Crippen molar-refractivity contribution in [2.75, 3.05) is 0 Å². The monoisotopic (exact) mass is 123 g/mol. The third-order valence-corrected chi connectivity index (χ3v) is 2.21. The second kappa shape index (κ2) is 3.05. The fourth-order valence-electron chi connectivity index (χ4n) is 1.59. The van der Waals surface area contributed by atoms with Crippen LogP contribution in [-0.4, -0.2) is 0 Å². The fraction of sp³-hybridized carbons (Fsp3) is 0.778. The normalized spacial score (nSPS) is 26.4. The number of allylic oxidation sites excluding steroid dienone is 2. The summed E-state index contributed by atoms with van der Waals surface area (Å²) < 4.78 is 0. The van der Waals surface area contributed by atoms with E-state index >= 15 is 0 Å². The van der Waals surface area contributed by atoms with E-state index in [1.165, 1.54) is 25.7 Å². The Morgan fingerprint density at radius 1 is 1.56 bits per heavy atom. The summed E-state index contributed by atoms with van der Waals surface area (Å²) in [4.78, 5) is 0. The third-order valence-electron chi connectivity index (χ3n) is 2.21. The molecule has 0 aromatic heterocycles. The van der Waals surface area contributed by atoms with E-state index in [1.807, 2.05) is 0 Å². The minimum atomic E-state index is 0.884. The van der Waals surface area contributed by atoms with Crippen LogP contribution in [0.15, 0.2) is 5.57 Å². The SMILES string of the molecule is CCC1=[C]CCC1CC. The Bertz CT molecular complexity index is 111.